The van der Waals surface area contributed by atoms with Crippen molar-refractivity contribution in [2.45, 2.75) is 19.4 Å². The van der Waals surface area contributed by atoms with E-state index < -0.39 is 0 Å². The van der Waals surface area contributed by atoms with Crippen molar-refractivity contribution in [3.63, 3.8) is 0 Å². The average Bonchev–Trinajstić information content (AvgIpc) is 2.73. The Morgan fingerprint density at radius 1 is 1.44 bits per heavy atom. The number of rotatable bonds is 4. The molecule has 2 rings (SSSR count). The minimum absolute atomic E-state index is 0.667. The monoisotopic (exact) mass is 279 g/mol. The summed E-state index contributed by atoms with van der Waals surface area (Å²) in [7, 11) is 0. The third-order valence-corrected chi connectivity index (χ3v) is 2.59. The molecule has 0 saturated carbocycles. The Labute approximate surface area is 102 Å². The minimum Gasteiger partial charge on any atom is -0.315 e. The zero-order valence-electron chi connectivity index (χ0n) is 8.52. The van der Waals surface area contributed by atoms with Gasteiger partial charge in [-0.25, -0.2) is 15.0 Å². The highest BCUT2D eigenvalue weighted by Crippen LogP contribution is 2.18. The summed E-state index contributed by atoms with van der Waals surface area (Å²) in [5.41, 5.74) is 1.56. The number of nitrogens with zero attached hydrogens (tertiary/aromatic N) is 4. The van der Waals surface area contributed by atoms with E-state index in [0.717, 1.165) is 30.6 Å². The second-order valence-corrected chi connectivity index (χ2v) is 3.63. The fourth-order valence-electron chi connectivity index (χ4n) is 1.46. The van der Waals surface area contributed by atoms with Crippen LogP contribution in [0.2, 0.25) is 0 Å². The number of terminal acetylenes is 1. The van der Waals surface area contributed by atoms with Crippen molar-refractivity contribution in [2.75, 3.05) is 4.34 Å². The maximum atomic E-state index is 5.21. The third-order valence-electron chi connectivity index (χ3n) is 2.21. The standard InChI is InChI=1S/C10H10BrN5/c1-2-3-4-5-16-7-14-8-9(15-11)12-6-13-10(8)16/h1,6-7H,3-5H2,(H,12,13,15). The molecule has 0 aliphatic rings. The molecule has 82 valence electrons. The average molecular weight is 280 g/mol. The second kappa shape index (κ2) is 4.94. The van der Waals surface area contributed by atoms with E-state index in [9.17, 15) is 0 Å². The van der Waals surface area contributed by atoms with Gasteiger partial charge in [0.15, 0.2) is 17.0 Å². The van der Waals surface area contributed by atoms with E-state index in [0.29, 0.717) is 5.82 Å². The van der Waals surface area contributed by atoms with Crippen molar-refractivity contribution < 1.29 is 0 Å². The lowest BCUT2D eigenvalue weighted by atomic mass is 10.3. The van der Waals surface area contributed by atoms with Gasteiger partial charge in [-0.3, -0.25) is 0 Å². The van der Waals surface area contributed by atoms with Gasteiger partial charge in [0.25, 0.3) is 0 Å². The van der Waals surface area contributed by atoms with Gasteiger partial charge in [-0.1, -0.05) is 0 Å². The Hall–Kier alpha value is -1.61. The van der Waals surface area contributed by atoms with Crippen molar-refractivity contribution in [3.05, 3.63) is 12.7 Å². The molecule has 0 fully saturated rings. The van der Waals surface area contributed by atoms with Crippen molar-refractivity contribution in [3.8, 4) is 12.3 Å². The van der Waals surface area contributed by atoms with Crippen molar-refractivity contribution >= 4 is 33.1 Å². The van der Waals surface area contributed by atoms with Crippen LogP contribution in [0.3, 0.4) is 0 Å². The van der Waals surface area contributed by atoms with Gasteiger partial charge in [0.1, 0.15) is 6.33 Å². The molecule has 0 amide bonds. The summed E-state index contributed by atoms with van der Waals surface area (Å²) in [5, 5.41) is 0. The van der Waals surface area contributed by atoms with Gasteiger partial charge < -0.3 is 8.91 Å². The van der Waals surface area contributed by atoms with Crippen LogP contribution in [-0.2, 0) is 6.54 Å². The first kappa shape index (κ1) is 10.9. The molecule has 0 aliphatic carbocycles. The van der Waals surface area contributed by atoms with Crippen LogP contribution in [-0.4, -0.2) is 19.5 Å². The number of halogens is 1. The van der Waals surface area contributed by atoms with Gasteiger partial charge in [-0.2, -0.15) is 0 Å². The van der Waals surface area contributed by atoms with Crippen LogP contribution < -0.4 is 4.34 Å². The molecule has 0 radical (unpaired) electrons. The fraction of sp³-hybridized carbons (Fsp3) is 0.300. The summed E-state index contributed by atoms with van der Waals surface area (Å²) in [6.45, 7) is 0.819. The summed E-state index contributed by atoms with van der Waals surface area (Å²) in [4.78, 5) is 12.5. The van der Waals surface area contributed by atoms with Crippen LogP contribution >= 0.6 is 16.1 Å². The van der Waals surface area contributed by atoms with Gasteiger partial charge in [0.05, 0.1) is 6.33 Å². The van der Waals surface area contributed by atoms with E-state index in [1.165, 1.54) is 6.33 Å². The first-order chi connectivity index (χ1) is 7.86. The molecule has 2 aromatic heterocycles. The molecule has 0 aliphatic heterocycles. The number of aryl methyl sites for hydroxylation is 1. The maximum Gasteiger partial charge on any atom is 0.167 e. The third kappa shape index (κ3) is 1.99. The molecule has 16 heavy (non-hydrogen) atoms. The largest absolute Gasteiger partial charge is 0.315 e. The predicted molar refractivity (Wildman–Crippen MR) is 65.9 cm³/mol. The van der Waals surface area contributed by atoms with Crippen molar-refractivity contribution in [2.24, 2.45) is 0 Å². The SMILES string of the molecule is C#CCCCn1cnc2c(NBr)ncnc21. The molecule has 5 nitrogen and oxygen atoms in total. The van der Waals surface area contributed by atoms with Crippen LogP contribution in [0.15, 0.2) is 12.7 Å². The highest BCUT2D eigenvalue weighted by Gasteiger charge is 2.08. The summed E-state index contributed by atoms with van der Waals surface area (Å²) in [6, 6.07) is 0. The van der Waals surface area contributed by atoms with E-state index in [1.807, 2.05) is 4.57 Å². The Kier molecular flexibility index (Phi) is 3.37. The van der Waals surface area contributed by atoms with Gasteiger partial charge >= 0.3 is 0 Å². The molecule has 0 aromatic carbocycles. The maximum absolute atomic E-state index is 5.21. The van der Waals surface area contributed by atoms with Crippen LogP contribution in [0.1, 0.15) is 12.8 Å². The van der Waals surface area contributed by atoms with E-state index in [4.69, 9.17) is 6.42 Å². The molecule has 6 heteroatoms. The van der Waals surface area contributed by atoms with Gasteiger partial charge in [-0.05, 0) is 6.42 Å². The topological polar surface area (TPSA) is 55.6 Å². The number of hydrogen-bond donors (Lipinski definition) is 1. The van der Waals surface area contributed by atoms with Crippen LogP contribution in [0.25, 0.3) is 11.2 Å². The predicted octanol–water partition coefficient (Wildman–Crippen LogP) is 1.96. The van der Waals surface area contributed by atoms with E-state index in [-0.39, 0.29) is 0 Å². The Bertz CT molecular complexity index is 527. The zero-order valence-corrected chi connectivity index (χ0v) is 10.1. The number of nitrogens with one attached hydrogen (secondary N) is 1. The van der Waals surface area contributed by atoms with Crippen molar-refractivity contribution in [1.82, 2.24) is 19.5 Å². The lowest BCUT2D eigenvalue weighted by molar-refractivity contribution is 0.666. The summed E-state index contributed by atoms with van der Waals surface area (Å²) in [6.07, 6.45) is 10.1. The first-order valence-corrected chi connectivity index (χ1v) is 5.62. The van der Waals surface area contributed by atoms with Gasteiger partial charge in [0.2, 0.25) is 0 Å². The molecular formula is C10H10BrN5. The fourth-order valence-corrected chi connectivity index (χ4v) is 1.76. The lowest BCUT2D eigenvalue weighted by Crippen LogP contribution is -1.98. The molecule has 0 unspecified atom stereocenters. The van der Waals surface area contributed by atoms with Crippen LogP contribution in [0, 0.1) is 12.3 Å². The van der Waals surface area contributed by atoms with E-state index in [1.54, 1.807) is 6.33 Å². The number of fused-ring (bicyclic) bond motifs is 1. The normalized spacial score (nSPS) is 10.2. The highest BCUT2D eigenvalue weighted by atomic mass is 79.9. The van der Waals surface area contributed by atoms with Crippen molar-refractivity contribution in [1.29, 1.82) is 0 Å². The van der Waals surface area contributed by atoms with E-state index >= 15 is 0 Å². The molecular weight excluding hydrogens is 270 g/mol. The number of unbranched alkanes of at least 4 members (excludes halogenated alkanes) is 1. The summed E-state index contributed by atoms with van der Waals surface area (Å²) >= 11 is 3.14. The number of hydrogen-bond acceptors (Lipinski definition) is 4. The van der Waals surface area contributed by atoms with Crippen LogP contribution in [0.4, 0.5) is 5.82 Å². The Balaban J connectivity index is 2.31. The van der Waals surface area contributed by atoms with Crippen LogP contribution in [0.5, 0.6) is 0 Å². The molecule has 2 aromatic rings. The van der Waals surface area contributed by atoms with E-state index in [2.05, 4.69) is 41.4 Å². The molecule has 2 heterocycles. The first-order valence-electron chi connectivity index (χ1n) is 4.82. The summed E-state index contributed by atoms with van der Waals surface area (Å²) < 4.78 is 4.78. The molecule has 1 N–H and O–H groups in total. The lowest BCUT2D eigenvalue weighted by Gasteiger charge is -2.01. The Morgan fingerprint density at radius 3 is 3.06 bits per heavy atom. The van der Waals surface area contributed by atoms with Gasteiger partial charge in [-0.15, -0.1) is 12.3 Å². The quantitative estimate of drug-likeness (QED) is 0.528. The Morgan fingerprint density at radius 2 is 2.31 bits per heavy atom. The zero-order chi connectivity index (χ0) is 11.4. The van der Waals surface area contributed by atoms with Gasteiger partial charge in [0, 0.05) is 29.1 Å². The number of aromatic nitrogens is 4. The second-order valence-electron chi connectivity index (χ2n) is 3.23. The number of anilines is 1. The smallest absolute Gasteiger partial charge is 0.167 e. The highest BCUT2D eigenvalue weighted by molar-refractivity contribution is 9.10. The summed E-state index contributed by atoms with van der Waals surface area (Å²) in [5.74, 6) is 3.28. The molecule has 0 spiro atoms. The number of imidazole rings is 1. The molecule has 0 atom stereocenters. The minimum atomic E-state index is 0.667. The molecule has 0 bridgehead atoms. The molecule has 0 saturated heterocycles.